The number of hydroxylamine groups is 1. The van der Waals surface area contributed by atoms with E-state index in [1.807, 2.05) is 0 Å². The van der Waals surface area contributed by atoms with Crippen molar-refractivity contribution >= 4 is 11.7 Å². The highest BCUT2D eigenvalue weighted by molar-refractivity contribution is 5.88. The average molecular weight is 198 g/mol. The fourth-order valence-electron chi connectivity index (χ4n) is 0.848. The number of urea groups is 1. The summed E-state index contributed by atoms with van der Waals surface area (Å²) >= 11 is 0. The zero-order chi connectivity index (χ0) is 10.4. The number of carbonyl (C=O) groups excluding carboxylic acids is 1. The van der Waals surface area contributed by atoms with Crippen LogP contribution in [0.4, 0.5) is 14.9 Å². The van der Waals surface area contributed by atoms with Gasteiger partial charge in [0.05, 0.1) is 12.3 Å². The molecular weight excluding hydrogens is 187 g/mol. The Kier molecular flexibility index (Phi) is 3.87. The number of anilines is 1. The average Bonchev–Trinajstić information content (AvgIpc) is 2.18. The first-order valence-electron chi connectivity index (χ1n) is 4.17. The smallest absolute Gasteiger partial charge is 0.303 e. The Bertz CT molecular complexity index is 317. The van der Waals surface area contributed by atoms with Crippen LogP contribution < -0.4 is 10.8 Å². The zero-order valence-corrected chi connectivity index (χ0v) is 7.71. The van der Waals surface area contributed by atoms with E-state index in [0.29, 0.717) is 6.61 Å². The molecule has 0 atom stereocenters. The van der Waals surface area contributed by atoms with Gasteiger partial charge in [-0.1, -0.05) is 12.1 Å². The lowest BCUT2D eigenvalue weighted by molar-refractivity contribution is 0.0758. The highest BCUT2D eigenvalue weighted by atomic mass is 19.1. The van der Waals surface area contributed by atoms with E-state index in [0.717, 1.165) is 0 Å². The predicted octanol–water partition coefficient (Wildman–Crippen LogP) is 1.90. The van der Waals surface area contributed by atoms with Crippen molar-refractivity contribution < 1.29 is 14.0 Å². The molecular formula is C9H11FN2O2. The second kappa shape index (κ2) is 5.18. The number of para-hydroxylation sites is 1. The summed E-state index contributed by atoms with van der Waals surface area (Å²) in [4.78, 5) is 15.6. The van der Waals surface area contributed by atoms with E-state index < -0.39 is 11.8 Å². The molecule has 5 heteroatoms. The zero-order valence-electron chi connectivity index (χ0n) is 7.71. The molecule has 0 saturated heterocycles. The second-order valence-corrected chi connectivity index (χ2v) is 2.47. The van der Waals surface area contributed by atoms with E-state index in [1.54, 1.807) is 19.1 Å². The molecule has 76 valence electrons. The van der Waals surface area contributed by atoms with Crippen LogP contribution in [0.25, 0.3) is 0 Å². The van der Waals surface area contributed by atoms with Gasteiger partial charge in [0.2, 0.25) is 0 Å². The lowest BCUT2D eigenvalue weighted by Gasteiger charge is -2.06. The summed E-state index contributed by atoms with van der Waals surface area (Å²) in [5, 5.41) is 2.29. The van der Waals surface area contributed by atoms with E-state index >= 15 is 0 Å². The Morgan fingerprint density at radius 2 is 2.21 bits per heavy atom. The Morgan fingerprint density at radius 1 is 1.50 bits per heavy atom. The summed E-state index contributed by atoms with van der Waals surface area (Å²) in [5.74, 6) is -0.487. The van der Waals surface area contributed by atoms with Crippen molar-refractivity contribution in [1.82, 2.24) is 5.48 Å². The van der Waals surface area contributed by atoms with Gasteiger partial charge in [-0.25, -0.2) is 14.7 Å². The molecule has 0 radical (unpaired) electrons. The van der Waals surface area contributed by atoms with Crippen molar-refractivity contribution in [3.8, 4) is 0 Å². The van der Waals surface area contributed by atoms with Crippen LogP contribution in [-0.2, 0) is 4.84 Å². The van der Waals surface area contributed by atoms with Gasteiger partial charge in [0.1, 0.15) is 5.82 Å². The van der Waals surface area contributed by atoms with Crippen LogP contribution in [0.5, 0.6) is 0 Å². The van der Waals surface area contributed by atoms with Crippen LogP contribution in [0.2, 0.25) is 0 Å². The van der Waals surface area contributed by atoms with Crippen LogP contribution in [0.15, 0.2) is 24.3 Å². The number of rotatable bonds is 3. The molecule has 0 spiro atoms. The van der Waals surface area contributed by atoms with Gasteiger partial charge >= 0.3 is 6.03 Å². The fourth-order valence-corrected chi connectivity index (χ4v) is 0.848. The molecule has 2 N–H and O–H groups in total. The molecule has 0 fully saturated rings. The van der Waals surface area contributed by atoms with Crippen molar-refractivity contribution in [2.75, 3.05) is 11.9 Å². The highest BCUT2D eigenvalue weighted by Gasteiger charge is 2.04. The minimum Gasteiger partial charge on any atom is -0.303 e. The third-order valence-corrected chi connectivity index (χ3v) is 1.43. The normalized spacial score (nSPS) is 9.57. The van der Waals surface area contributed by atoms with Crippen LogP contribution in [0.1, 0.15) is 6.92 Å². The third kappa shape index (κ3) is 3.02. The number of hydrogen-bond donors (Lipinski definition) is 2. The number of amides is 2. The standard InChI is InChI=1S/C9H11FN2O2/c1-2-14-12-9(13)11-8-6-4-3-5-7(8)10/h3-6H,2H2,1H3,(H2,11,12,13). The van der Waals surface area contributed by atoms with E-state index in [-0.39, 0.29) is 5.69 Å². The Labute approximate surface area is 81.0 Å². The largest absolute Gasteiger partial charge is 0.343 e. The molecule has 0 aromatic heterocycles. The molecule has 1 aromatic rings. The van der Waals surface area contributed by atoms with Gasteiger partial charge in [-0.15, -0.1) is 0 Å². The molecule has 4 nitrogen and oxygen atoms in total. The van der Waals surface area contributed by atoms with Crippen molar-refractivity contribution in [3.05, 3.63) is 30.1 Å². The monoisotopic (exact) mass is 198 g/mol. The van der Waals surface area contributed by atoms with Crippen molar-refractivity contribution in [1.29, 1.82) is 0 Å². The van der Waals surface area contributed by atoms with E-state index in [1.165, 1.54) is 12.1 Å². The van der Waals surface area contributed by atoms with E-state index in [2.05, 4.69) is 15.6 Å². The number of carbonyl (C=O) groups is 1. The molecule has 0 bridgehead atoms. The molecule has 0 saturated carbocycles. The SMILES string of the molecule is CCONC(=O)Nc1ccccc1F. The number of hydrogen-bond acceptors (Lipinski definition) is 2. The first-order chi connectivity index (χ1) is 6.74. The van der Waals surface area contributed by atoms with Crippen LogP contribution in [-0.4, -0.2) is 12.6 Å². The molecule has 1 aromatic carbocycles. The summed E-state index contributed by atoms with van der Waals surface area (Å²) in [6, 6.07) is 5.29. The van der Waals surface area contributed by atoms with Crippen LogP contribution in [0, 0.1) is 5.82 Å². The summed E-state index contributed by atoms with van der Waals surface area (Å²) in [6.07, 6.45) is 0. The van der Waals surface area contributed by atoms with Gasteiger partial charge in [-0.2, -0.15) is 0 Å². The maximum Gasteiger partial charge on any atom is 0.343 e. The fraction of sp³-hybridized carbons (Fsp3) is 0.222. The molecule has 0 heterocycles. The molecule has 2 amide bonds. The van der Waals surface area contributed by atoms with Gasteiger partial charge in [0, 0.05) is 0 Å². The first-order valence-corrected chi connectivity index (χ1v) is 4.17. The Morgan fingerprint density at radius 3 is 2.86 bits per heavy atom. The van der Waals surface area contributed by atoms with Crippen LogP contribution >= 0.6 is 0 Å². The number of nitrogens with one attached hydrogen (secondary N) is 2. The third-order valence-electron chi connectivity index (χ3n) is 1.43. The minimum atomic E-state index is -0.600. The van der Waals surface area contributed by atoms with Gasteiger partial charge in [-0.05, 0) is 19.1 Å². The van der Waals surface area contributed by atoms with Crippen molar-refractivity contribution in [2.45, 2.75) is 6.92 Å². The topological polar surface area (TPSA) is 50.4 Å². The Hall–Kier alpha value is -1.62. The first kappa shape index (κ1) is 10.5. The Balaban J connectivity index is 2.52. The number of halogens is 1. The summed E-state index contributed by atoms with van der Waals surface area (Å²) in [5.41, 5.74) is 2.21. The lowest BCUT2D eigenvalue weighted by atomic mass is 10.3. The lowest BCUT2D eigenvalue weighted by Crippen LogP contribution is -2.29. The summed E-state index contributed by atoms with van der Waals surface area (Å²) in [6.45, 7) is 2.08. The summed E-state index contributed by atoms with van der Waals surface area (Å²) in [7, 11) is 0. The maximum atomic E-state index is 13.0. The predicted molar refractivity (Wildman–Crippen MR) is 50.2 cm³/mol. The van der Waals surface area contributed by atoms with Gasteiger partial charge in [-0.3, -0.25) is 4.84 Å². The molecule has 0 aliphatic heterocycles. The molecule has 0 unspecified atom stereocenters. The van der Waals surface area contributed by atoms with Gasteiger partial charge in [0.15, 0.2) is 0 Å². The number of benzene rings is 1. The van der Waals surface area contributed by atoms with Crippen molar-refractivity contribution in [3.63, 3.8) is 0 Å². The van der Waals surface area contributed by atoms with Gasteiger partial charge < -0.3 is 5.32 Å². The van der Waals surface area contributed by atoms with E-state index in [4.69, 9.17) is 0 Å². The summed E-state index contributed by atoms with van der Waals surface area (Å²) < 4.78 is 13.0. The second-order valence-electron chi connectivity index (χ2n) is 2.47. The minimum absolute atomic E-state index is 0.115. The molecule has 0 aliphatic rings. The van der Waals surface area contributed by atoms with E-state index in [9.17, 15) is 9.18 Å². The molecule has 1 rings (SSSR count). The van der Waals surface area contributed by atoms with Crippen molar-refractivity contribution in [2.24, 2.45) is 0 Å². The van der Waals surface area contributed by atoms with Crippen LogP contribution in [0.3, 0.4) is 0 Å². The highest BCUT2D eigenvalue weighted by Crippen LogP contribution is 2.11. The maximum absolute atomic E-state index is 13.0. The quantitative estimate of drug-likeness (QED) is 0.729. The van der Waals surface area contributed by atoms with Gasteiger partial charge in [0.25, 0.3) is 0 Å². The molecule has 14 heavy (non-hydrogen) atoms. The molecule has 0 aliphatic carbocycles.